The van der Waals surface area contributed by atoms with Gasteiger partial charge in [0.05, 0.1) is 47.6 Å². The molecule has 0 saturated carbocycles. The number of aryl methyl sites for hydroxylation is 1. The van der Waals surface area contributed by atoms with Gasteiger partial charge in [-0.15, -0.1) is 0 Å². The Morgan fingerprint density at radius 2 is 0.600 bits per heavy atom. The van der Waals surface area contributed by atoms with Crippen LogP contribution in [0.4, 0.5) is 60.0 Å². The van der Waals surface area contributed by atoms with Gasteiger partial charge in [-0.2, -0.15) is 0 Å². The van der Waals surface area contributed by atoms with E-state index in [0.717, 1.165) is 123 Å². The predicted octanol–water partition coefficient (Wildman–Crippen LogP) is 27.2. The van der Waals surface area contributed by atoms with Crippen LogP contribution in [0.15, 0.2) is 289 Å². The second-order valence-corrected chi connectivity index (χ2v) is 34.7. The lowest BCUT2D eigenvalue weighted by molar-refractivity contribution is -0.133. The van der Waals surface area contributed by atoms with Crippen molar-refractivity contribution in [3.8, 4) is 16.9 Å². The first-order valence-electron chi connectivity index (χ1n) is 37.7. The Morgan fingerprint density at radius 3 is 0.891 bits per heavy atom. The Morgan fingerprint density at radius 1 is 0.336 bits per heavy atom. The fourth-order valence-corrected chi connectivity index (χ4v) is 14.0. The monoisotopic (exact) mass is 1790 g/mol. The largest absolute Gasteiger partial charge is 0.494 e. The number of benzene rings is 11. The van der Waals surface area contributed by atoms with Crippen molar-refractivity contribution in [1.29, 1.82) is 0 Å². The van der Waals surface area contributed by atoms with Crippen molar-refractivity contribution in [3.63, 3.8) is 0 Å². The average molecular weight is 1800 g/mol. The lowest BCUT2D eigenvalue weighted by atomic mass is 9.79. The molecule has 0 unspecified atom stereocenters. The van der Waals surface area contributed by atoms with Crippen LogP contribution >= 0.6 is 79.6 Å². The third-order valence-corrected chi connectivity index (χ3v) is 23.7. The van der Waals surface area contributed by atoms with Gasteiger partial charge in [-0.3, -0.25) is 0 Å². The number of halogens is 7. The minimum Gasteiger partial charge on any atom is -0.493 e. The molecule has 0 radical (unpaired) electrons. The first-order valence-corrected chi connectivity index (χ1v) is 41.7. The summed E-state index contributed by atoms with van der Waals surface area (Å²) in [5.41, 5.74) is 12.6. The summed E-state index contributed by atoms with van der Waals surface area (Å²) in [6, 6.07) is 87.5. The van der Waals surface area contributed by atoms with Gasteiger partial charge < -0.3 is 42.8 Å². The maximum Gasteiger partial charge on any atom is 0.494 e. The number of anilines is 9. The van der Waals surface area contributed by atoms with Crippen molar-refractivity contribution >= 4 is 156 Å². The Bertz CT molecular complexity index is 4410. The standard InChI is InChI=1S/C48H48B2F2N2O4.C18H12Br3N.C14H21Br.C12H15BrO2/c1-45(2)46(3,4)56-49(55-45)35-13-25-41(26-14-35)53(42-27-15-36(16-28-42)50-57-47(5,6)48(7,8)58-50)39-21-9-33(10-22-39)34-11-23-40(24-12-34)54(43-29-17-37(51)18-30-43)44-31-19-38(52)20-32-44;19-13-1-7-16(8-2-13)22(17-9-3-14(20)4-10-17)18-11-5-15(21)6-12-18;1-2-3-4-5-6-7-8-13-9-11-14(15)12-10-13;1-2-12(7-14-8-12)9-15-11-5-3-10(13)4-6-11/h9-32H,1-8H3;1-12H;9-12H,2-8H2,1H3;3-6H,2,7-9H2,1H3. The molecule has 14 rings (SSSR count). The molecule has 3 saturated heterocycles. The van der Waals surface area contributed by atoms with Crippen LogP contribution in [-0.4, -0.2) is 56.5 Å². The summed E-state index contributed by atoms with van der Waals surface area (Å²) < 4.78 is 69.6. The molecule has 11 aromatic rings. The molecule has 0 spiro atoms. The predicted molar refractivity (Wildman–Crippen MR) is 471 cm³/mol. The summed E-state index contributed by atoms with van der Waals surface area (Å²) in [6.45, 7) is 23.4. The zero-order valence-corrected chi connectivity index (χ0v) is 72.2. The lowest BCUT2D eigenvalue weighted by Crippen LogP contribution is -2.46. The van der Waals surface area contributed by atoms with Crippen LogP contribution in [0.1, 0.15) is 120 Å². The van der Waals surface area contributed by atoms with Gasteiger partial charge in [-0.05, 0) is 309 Å². The third-order valence-electron chi connectivity index (χ3n) is 21.0. The summed E-state index contributed by atoms with van der Waals surface area (Å²) in [7, 11) is -0.924. The Labute approximate surface area is 693 Å². The Kier molecular flexibility index (Phi) is 29.0. The van der Waals surface area contributed by atoms with Gasteiger partial charge in [0.25, 0.3) is 0 Å². The molecule has 0 atom stereocenters. The number of unbranched alkanes of at least 4 members (excludes halogenated alkanes) is 5. The van der Waals surface area contributed by atoms with E-state index in [0.29, 0.717) is 0 Å². The topological polar surface area (TPSA) is 65.1 Å². The molecule has 3 aliphatic rings. The normalized spacial score (nSPS) is 15.4. The molecule has 570 valence electrons. The molecule has 0 aromatic heterocycles. The molecule has 3 fully saturated rings. The summed E-state index contributed by atoms with van der Waals surface area (Å²) in [6.07, 6.45) is 10.6. The second kappa shape index (κ2) is 38.1. The van der Waals surface area contributed by atoms with Crippen molar-refractivity contribution in [2.45, 2.75) is 143 Å². The molecule has 18 heteroatoms. The minimum absolute atomic E-state index is 0.257. The van der Waals surface area contributed by atoms with Gasteiger partial charge in [0, 0.05) is 73.6 Å². The quantitative estimate of drug-likeness (QED) is 0.0460. The van der Waals surface area contributed by atoms with Gasteiger partial charge in [-0.25, -0.2) is 8.78 Å². The zero-order chi connectivity index (χ0) is 78.2. The van der Waals surface area contributed by atoms with Crippen LogP contribution in [0.2, 0.25) is 0 Å². The fourth-order valence-electron chi connectivity index (χ4n) is 12.7. The Hall–Kier alpha value is -7.19. The van der Waals surface area contributed by atoms with Gasteiger partial charge in [-0.1, -0.05) is 186 Å². The third kappa shape index (κ3) is 22.0. The number of hydrogen-bond donors (Lipinski definition) is 0. The molecule has 0 bridgehead atoms. The number of hydrogen-bond acceptors (Lipinski definition) is 9. The van der Waals surface area contributed by atoms with Gasteiger partial charge in [0.2, 0.25) is 0 Å². The maximum atomic E-state index is 13.9. The molecule has 0 amide bonds. The number of rotatable bonds is 23. The zero-order valence-electron chi connectivity index (χ0n) is 64.3. The van der Waals surface area contributed by atoms with Crippen molar-refractivity contribution in [2.75, 3.05) is 34.5 Å². The van der Waals surface area contributed by atoms with Crippen molar-refractivity contribution in [2.24, 2.45) is 5.41 Å². The smallest absolute Gasteiger partial charge is 0.493 e. The van der Waals surface area contributed by atoms with E-state index in [1.165, 1.54) is 79.2 Å². The van der Waals surface area contributed by atoms with Gasteiger partial charge in [0.15, 0.2) is 0 Å². The summed E-state index contributed by atoms with van der Waals surface area (Å²) in [5.74, 6) is 0.285. The highest BCUT2D eigenvalue weighted by atomic mass is 79.9. The number of ether oxygens (including phenoxy) is 2. The molecule has 3 aliphatic heterocycles. The van der Waals surface area contributed by atoms with E-state index in [9.17, 15) is 8.78 Å². The SMILES string of the molecule is Brc1ccc(N(c2ccc(Br)cc2)c2ccc(Br)cc2)cc1.CC1(C)OB(c2ccc(N(c3ccc(B4OC(C)(C)C(C)(C)O4)cc3)c3ccc(-c4ccc(N(c5ccc(F)cc5)c5ccc(F)cc5)cc4)cc3)cc2)OC1(C)C.CCC1(COc2ccc(Br)cc2)COC1.CCCCCCCCc1ccc(Br)cc1. The van der Waals surface area contributed by atoms with Crippen molar-refractivity contribution in [3.05, 3.63) is 306 Å². The highest BCUT2D eigenvalue weighted by molar-refractivity contribution is 9.11. The van der Waals surface area contributed by atoms with E-state index in [1.54, 1.807) is 24.3 Å². The Balaban J connectivity index is 0.000000185. The van der Waals surface area contributed by atoms with Crippen LogP contribution in [0, 0.1) is 17.0 Å². The molecule has 110 heavy (non-hydrogen) atoms. The van der Waals surface area contributed by atoms with Crippen LogP contribution < -0.4 is 30.4 Å². The fraction of sp³-hybridized carbons (Fsp3) is 0.283. The van der Waals surface area contributed by atoms with E-state index in [-0.39, 0.29) is 17.0 Å². The van der Waals surface area contributed by atoms with Crippen molar-refractivity contribution < 1.29 is 36.9 Å². The summed E-state index contributed by atoms with van der Waals surface area (Å²) in [4.78, 5) is 6.42. The highest BCUT2D eigenvalue weighted by Gasteiger charge is 2.53. The van der Waals surface area contributed by atoms with Crippen LogP contribution in [0.5, 0.6) is 5.75 Å². The summed E-state index contributed by atoms with van der Waals surface area (Å²) in [5, 5.41) is 0. The van der Waals surface area contributed by atoms with Crippen LogP contribution in [0.3, 0.4) is 0 Å². The molecular weight excluding hydrogens is 1700 g/mol. The number of nitrogens with zero attached hydrogens (tertiary/aromatic N) is 3. The lowest BCUT2D eigenvalue weighted by Gasteiger charge is -2.40. The van der Waals surface area contributed by atoms with E-state index >= 15 is 0 Å². The maximum absolute atomic E-state index is 13.9. The van der Waals surface area contributed by atoms with Gasteiger partial charge in [0.1, 0.15) is 17.4 Å². The molecule has 0 aliphatic carbocycles. The molecule has 3 heterocycles. The highest BCUT2D eigenvalue weighted by Crippen LogP contribution is 2.43. The minimum atomic E-state index is -0.462. The van der Waals surface area contributed by atoms with E-state index < -0.39 is 36.6 Å². The van der Waals surface area contributed by atoms with Crippen LogP contribution in [0.25, 0.3) is 11.1 Å². The molecule has 11 aromatic carbocycles. The van der Waals surface area contributed by atoms with Crippen LogP contribution in [-0.2, 0) is 29.8 Å². The molecular formula is C92H96B2Br5F2N3O6. The second-order valence-electron chi connectivity index (χ2n) is 30.1. The van der Waals surface area contributed by atoms with Gasteiger partial charge >= 0.3 is 14.2 Å². The average Bonchev–Trinajstić information content (AvgIpc) is 1.63. The van der Waals surface area contributed by atoms with Crippen molar-refractivity contribution in [1.82, 2.24) is 0 Å². The molecule has 9 nitrogen and oxygen atoms in total. The van der Waals surface area contributed by atoms with E-state index in [4.69, 9.17) is 28.1 Å². The molecule has 0 N–H and O–H groups in total. The van der Waals surface area contributed by atoms with E-state index in [1.807, 2.05) is 41.3 Å². The van der Waals surface area contributed by atoms with E-state index in [2.05, 4.69) is 341 Å². The first-order chi connectivity index (χ1) is 52.7. The summed E-state index contributed by atoms with van der Waals surface area (Å²) >= 11 is 17.3. The first kappa shape index (κ1) is 83.7.